The molecule has 0 aliphatic heterocycles. The van der Waals surface area contributed by atoms with Crippen LogP contribution in [0.5, 0.6) is 0 Å². The third kappa shape index (κ3) is 26.7. The Bertz CT molecular complexity index is 406. The average molecular weight is 503 g/mol. The van der Waals surface area contributed by atoms with Gasteiger partial charge in [0.1, 0.15) is 0 Å². The van der Waals surface area contributed by atoms with Crippen LogP contribution >= 0.6 is 0 Å². The van der Waals surface area contributed by atoms with Crippen LogP contribution in [0.15, 0.2) is 0 Å². The lowest BCUT2D eigenvalue weighted by Gasteiger charge is -2.21. The molecule has 0 aliphatic carbocycles. The number of unbranched alkanes of at least 4 members (excludes halogenated alkanes) is 15. The molecule has 0 aromatic heterocycles. The van der Waals surface area contributed by atoms with Crippen LogP contribution in [0.1, 0.15) is 137 Å². The van der Waals surface area contributed by atoms with Crippen LogP contribution in [0.4, 0.5) is 0 Å². The summed E-state index contributed by atoms with van der Waals surface area (Å²) >= 11 is 0. The maximum Gasteiger partial charge on any atom is 0.0781 e. The molecule has 0 aromatic rings. The molecule has 0 saturated heterocycles. The predicted molar refractivity (Wildman–Crippen MR) is 148 cm³/mol. The summed E-state index contributed by atoms with van der Waals surface area (Å²) in [7, 11) is 0. The van der Waals surface area contributed by atoms with E-state index in [0.29, 0.717) is 19.8 Å². The Labute approximate surface area is 219 Å². The maximum atomic E-state index is 8.98. The van der Waals surface area contributed by atoms with Gasteiger partial charge in [-0.3, -0.25) is 0 Å². The molecule has 0 saturated carbocycles. The van der Waals surface area contributed by atoms with E-state index in [1.54, 1.807) is 0 Å². The highest BCUT2D eigenvalue weighted by atomic mass is 16.6. The average Bonchev–Trinajstić information content (AvgIpc) is 2.86. The van der Waals surface area contributed by atoms with Gasteiger partial charge >= 0.3 is 0 Å². The molecule has 5 nitrogen and oxygen atoms in total. The van der Waals surface area contributed by atoms with Gasteiger partial charge in [0, 0.05) is 6.61 Å². The molecule has 0 radical (unpaired) electrons. The summed E-state index contributed by atoms with van der Waals surface area (Å²) < 4.78 is 23.0. The highest BCUT2D eigenvalue weighted by molar-refractivity contribution is 4.57. The Balaban J connectivity index is 3.35. The summed E-state index contributed by atoms with van der Waals surface area (Å²) in [6.07, 6.45) is 22.2. The first-order valence-electron chi connectivity index (χ1n) is 15.1. The number of aliphatic hydroxyl groups is 1. The van der Waals surface area contributed by atoms with Crippen molar-refractivity contribution >= 4 is 0 Å². The van der Waals surface area contributed by atoms with Crippen molar-refractivity contribution in [3.05, 3.63) is 0 Å². The second-order valence-corrected chi connectivity index (χ2v) is 10.6. The van der Waals surface area contributed by atoms with Crippen molar-refractivity contribution in [2.45, 2.75) is 162 Å². The summed E-state index contributed by atoms with van der Waals surface area (Å²) in [6.45, 7) is 12.7. The molecule has 35 heavy (non-hydrogen) atoms. The van der Waals surface area contributed by atoms with Crippen LogP contribution in [-0.4, -0.2) is 62.6 Å². The molecule has 0 fully saturated rings. The Morgan fingerprint density at radius 2 is 0.743 bits per heavy atom. The minimum atomic E-state index is -0.151. The molecule has 4 unspecified atom stereocenters. The summed E-state index contributed by atoms with van der Waals surface area (Å²) in [4.78, 5) is 0. The van der Waals surface area contributed by atoms with E-state index in [4.69, 9.17) is 24.1 Å². The molecule has 4 atom stereocenters. The van der Waals surface area contributed by atoms with Gasteiger partial charge in [0.15, 0.2) is 0 Å². The highest BCUT2D eigenvalue weighted by Gasteiger charge is 2.11. The van der Waals surface area contributed by atoms with Gasteiger partial charge in [-0.2, -0.15) is 0 Å². The van der Waals surface area contributed by atoms with Gasteiger partial charge in [-0.15, -0.1) is 0 Å². The molecule has 0 bridgehead atoms. The Morgan fingerprint density at radius 1 is 0.429 bits per heavy atom. The van der Waals surface area contributed by atoms with Gasteiger partial charge in [-0.1, -0.05) is 103 Å². The third-order valence-electron chi connectivity index (χ3n) is 6.50. The van der Waals surface area contributed by atoms with Gasteiger partial charge in [0.2, 0.25) is 0 Å². The van der Waals surface area contributed by atoms with Crippen LogP contribution in [0, 0.1) is 0 Å². The predicted octanol–water partition coefficient (Wildman–Crippen LogP) is 7.86. The zero-order chi connectivity index (χ0) is 26.0. The van der Waals surface area contributed by atoms with Crippen LogP contribution in [0.25, 0.3) is 0 Å². The Morgan fingerprint density at radius 3 is 1.11 bits per heavy atom. The minimum Gasteiger partial charge on any atom is -0.394 e. The molecule has 0 heterocycles. The molecular formula is C30H62O5. The first kappa shape index (κ1) is 34.8. The number of hydrogen-bond donors (Lipinski definition) is 1. The molecule has 5 heteroatoms. The van der Waals surface area contributed by atoms with Gasteiger partial charge in [-0.05, 0) is 34.1 Å². The largest absolute Gasteiger partial charge is 0.394 e. The monoisotopic (exact) mass is 502 g/mol. The fraction of sp³-hybridized carbons (Fsp3) is 1.00. The van der Waals surface area contributed by atoms with E-state index < -0.39 is 0 Å². The third-order valence-corrected chi connectivity index (χ3v) is 6.50. The molecule has 0 rings (SSSR count). The van der Waals surface area contributed by atoms with E-state index in [0.717, 1.165) is 13.0 Å². The lowest BCUT2D eigenvalue weighted by atomic mass is 10.0. The first-order chi connectivity index (χ1) is 17.0. The first-order valence-corrected chi connectivity index (χ1v) is 15.1. The SMILES string of the molecule is CCCCCCCCCCCCCCCCCCOC(C)COC(C)COC(C)COC(C)CO. The van der Waals surface area contributed by atoms with E-state index in [9.17, 15) is 0 Å². The van der Waals surface area contributed by atoms with Crippen molar-refractivity contribution in [2.75, 3.05) is 33.0 Å². The van der Waals surface area contributed by atoms with Gasteiger partial charge < -0.3 is 24.1 Å². The summed E-state index contributed by atoms with van der Waals surface area (Å²) in [5.41, 5.74) is 0. The normalized spacial score (nSPS) is 15.3. The number of rotatable bonds is 28. The van der Waals surface area contributed by atoms with Gasteiger partial charge in [-0.25, -0.2) is 0 Å². The molecule has 0 aromatic carbocycles. The lowest BCUT2D eigenvalue weighted by molar-refractivity contribution is -0.0891. The van der Waals surface area contributed by atoms with E-state index in [2.05, 4.69) is 13.8 Å². The number of aliphatic hydroxyl groups excluding tert-OH is 1. The van der Waals surface area contributed by atoms with Gasteiger partial charge in [0.05, 0.1) is 50.8 Å². The molecule has 0 amide bonds. The summed E-state index contributed by atoms with van der Waals surface area (Å²) in [5, 5.41) is 8.98. The topological polar surface area (TPSA) is 57.2 Å². The molecule has 212 valence electrons. The van der Waals surface area contributed by atoms with Gasteiger partial charge in [0.25, 0.3) is 0 Å². The quantitative estimate of drug-likeness (QED) is 0.110. The van der Waals surface area contributed by atoms with E-state index in [1.807, 2.05) is 20.8 Å². The maximum absolute atomic E-state index is 8.98. The Hall–Kier alpha value is -0.200. The van der Waals surface area contributed by atoms with Crippen molar-refractivity contribution < 1.29 is 24.1 Å². The van der Waals surface area contributed by atoms with Crippen LogP contribution in [-0.2, 0) is 18.9 Å². The smallest absolute Gasteiger partial charge is 0.0781 e. The standard InChI is InChI=1S/C30H62O5/c1-6-7-8-9-10-11-12-13-14-15-16-17-18-19-20-21-22-32-28(3)24-34-30(5)26-35-29(4)25-33-27(2)23-31/h27-31H,6-26H2,1-5H3. The van der Waals surface area contributed by atoms with Crippen molar-refractivity contribution in [1.29, 1.82) is 0 Å². The van der Waals surface area contributed by atoms with Crippen LogP contribution in [0.3, 0.4) is 0 Å². The van der Waals surface area contributed by atoms with Crippen molar-refractivity contribution in [1.82, 2.24) is 0 Å². The van der Waals surface area contributed by atoms with E-state index >= 15 is 0 Å². The summed E-state index contributed by atoms with van der Waals surface area (Å²) in [6, 6.07) is 0. The summed E-state index contributed by atoms with van der Waals surface area (Å²) in [5.74, 6) is 0. The number of hydrogen-bond acceptors (Lipinski definition) is 5. The fourth-order valence-corrected chi connectivity index (χ4v) is 4.03. The van der Waals surface area contributed by atoms with Crippen molar-refractivity contribution in [3.8, 4) is 0 Å². The molecule has 0 aliphatic rings. The van der Waals surface area contributed by atoms with Crippen LogP contribution in [0.2, 0.25) is 0 Å². The Kier molecular flexibility index (Phi) is 26.7. The molecule has 1 N–H and O–H groups in total. The minimum absolute atomic E-state index is 0.0152. The van der Waals surface area contributed by atoms with Crippen molar-refractivity contribution in [3.63, 3.8) is 0 Å². The zero-order valence-electron chi connectivity index (χ0n) is 24.2. The second-order valence-electron chi connectivity index (χ2n) is 10.6. The van der Waals surface area contributed by atoms with E-state index in [-0.39, 0.29) is 31.0 Å². The number of ether oxygens (including phenoxy) is 4. The van der Waals surface area contributed by atoms with E-state index in [1.165, 1.54) is 96.3 Å². The second kappa shape index (κ2) is 26.9. The van der Waals surface area contributed by atoms with Crippen LogP contribution < -0.4 is 0 Å². The lowest BCUT2D eigenvalue weighted by Crippen LogP contribution is -2.28. The highest BCUT2D eigenvalue weighted by Crippen LogP contribution is 2.14. The van der Waals surface area contributed by atoms with Crippen molar-refractivity contribution in [2.24, 2.45) is 0 Å². The zero-order valence-corrected chi connectivity index (χ0v) is 24.2. The molecule has 0 spiro atoms. The molecular weight excluding hydrogens is 440 g/mol. The fourth-order valence-electron chi connectivity index (χ4n) is 4.03.